The van der Waals surface area contributed by atoms with Crippen molar-refractivity contribution in [2.45, 2.75) is 45.1 Å². The second kappa shape index (κ2) is 14.4. The number of nitrogens with one attached hydrogen (secondary N) is 2. The third kappa shape index (κ3) is 7.30. The third-order valence-corrected chi connectivity index (χ3v) is 6.70. The fraction of sp³-hybridized carbons (Fsp3) is 0.258. The summed E-state index contributed by atoms with van der Waals surface area (Å²) in [7, 11) is 0. The summed E-state index contributed by atoms with van der Waals surface area (Å²) < 4.78 is 7.24. The molecule has 1 atom stereocenters. The van der Waals surface area contributed by atoms with E-state index in [1.54, 1.807) is 22.8 Å². The van der Waals surface area contributed by atoms with Gasteiger partial charge in [-0.25, -0.2) is 9.97 Å². The number of hydrogen-bond donors (Lipinski definition) is 2. The van der Waals surface area contributed by atoms with Crippen LogP contribution < -0.4 is 20.9 Å². The highest BCUT2D eigenvalue weighted by atomic mass is 16.5. The van der Waals surface area contributed by atoms with Crippen LogP contribution in [0.15, 0.2) is 89.2 Å². The SMILES string of the molecule is CCCCC(CCC(=O)NCC1=C(Oc2ccccn2)C=CC(=O)C1=O)n1c(-c2ccccc2)ncc(NC=O)c1=O. The molecule has 0 bridgehead atoms. The predicted molar refractivity (Wildman–Crippen MR) is 155 cm³/mol. The van der Waals surface area contributed by atoms with E-state index in [0.29, 0.717) is 25.1 Å². The minimum absolute atomic E-state index is 0.0171. The number of Topliss-reactive ketones (excluding diaryl/α,β-unsaturated/α-hetero) is 1. The van der Waals surface area contributed by atoms with Gasteiger partial charge in [-0.05, 0) is 31.1 Å². The van der Waals surface area contributed by atoms with Crippen LogP contribution in [0, 0.1) is 0 Å². The molecule has 0 saturated heterocycles. The zero-order valence-corrected chi connectivity index (χ0v) is 23.1. The lowest BCUT2D eigenvalue weighted by atomic mass is 10.00. The van der Waals surface area contributed by atoms with E-state index in [-0.39, 0.29) is 41.8 Å². The summed E-state index contributed by atoms with van der Waals surface area (Å²) >= 11 is 0. The molecule has 2 aromatic heterocycles. The van der Waals surface area contributed by atoms with Gasteiger partial charge < -0.3 is 15.4 Å². The molecule has 0 spiro atoms. The summed E-state index contributed by atoms with van der Waals surface area (Å²) in [6.07, 6.45) is 8.36. The predicted octanol–water partition coefficient (Wildman–Crippen LogP) is 3.54. The van der Waals surface area contributed by atoms with Crippen molar-refractivity contribution in [3.8, 4) is 17.3 Å². The van der Waals surface area contributed by atoms with Crippen molar-refractivity contribution in [2.24, 2.45) is 0 Å². The topological polar surface area (TPSA) is 149 Å². The first-order valence-electron chi connectivity index (χ1n) is 13.7. The molecule has 2 heterocycles. The van der Waals surface area contributed by atoms with Gasteiger partial charge in [0, 0.05) is 30.3 Å². The molecular formula is C31H31N5O6. The maximum atomic E-state index is 13.5. The van der Waals surface area contributed by atoms with Crippen LogP contribution in [0.5, 0.6) is 5.88 Å². The lowest BCUT2D eigenvalue weighted by molar-refractivity contribution is -0.132. The highest BCUT2D eigenvalue weighted by Gasteiger charge is 2.27. The van der Waals surface area contributed by atoms with Crippen LogP contribution in [0.2, 0.25) is 0 Å². The van der Waals surface area contributed by atoms with Crippen LogP contribution in [0.4, 0.5) is 5.69 Å². The van der Waals surface area contributed by atoms with Gasteiger partial charge in [0.05, 0.1) is 18.3 Å². The van der Waals surface area contributed by atoms with Crippen molar-refractivity contribution in [1.29, 1.82) is 0 Å². The van der Waals surface area contributed by atoms with E-state index >= 15 is 0 Å². The van der Waals surface area contributed by atoms with Crippen molar-refractivity contribution < 1.29 is 23.9 Å². The Morgan fingerprint density at radius 3 is 2.52 bits per heavy atom. The number of pyridine rings is 1. The Balaban J connectivity index is 1.54. The average Bonchev–Trinajstić information content (AvgIpc) is 3.01. The lowest BCUT2D eigenvalue weighted by Gasteiger charge is -2.23. The van der Waals surface area contributed by atoms with Gasteiger partial charge in [0.1, 0.15) is 17.3 Å². The summed E-state index contributed by atoms with van der Waals surface area (Å²) in [5.41, 5.74) is 0.358. The first kappa shape index (κ1) is 29.8. The number of ketones is 2. The van der Waals surface area contributed by atoms with Gasteiger partial charge in [-0.15, -0.1) is 0 Å². The Labute approximate surface area is 242 Å². The van der Waals surface area contributed by atoms with Gasteiger partial charge in [-0.3, -0.25) is 28.5 Å². The summed E-state index contributed by atoms with van der Waals surface area (Å²) in [5, 5.41) is 5.12. The third-order valence-electron chi connectivity index (χ3n) is 6.70. The number of aromatic nitrogens is 3. The van der Waals surface area contributed by atoms with E-state index < -0.39 is 23.2 Å². The number of rotatable bonds is 14. The van der Waals surface area contributed by atoms with E-state index in [9.17, 15) is 24.0 Å². The number of allylic oxidation sites excluding steroid dienone is 2. The van der Waals surface area contributed by atoms with Crippen LogP contribution in [0.3, 0.4) is 0 Å². The first-order valence-corrected chi connectivity index (χ1v) is 13.7. The van der Waals surface area contributed by atoms with Crippen molar-refractivity contribution in [3.63, 3.8) is 0 Å². The number of carbonyl (C=O) groups is 4. The molecule has 1 unspecified atom stereocenters. The fourth-order valence-corrected chi connectivity index (χ4v) is 4.56. The highest BCUT2D eigenvalue weighted by molar-refractivity contribution is 6.48. The number of nitrogens with zero attached hydrogens (tertiary/aromatic N) is 3. The molecule has 11 nitrogen and oxygen atoms in total. The van der Waals surface area contributed by atoms with E-state index in [0.717, 1.165) is 24.5 Å². The lowest BCUT2D eigenvalue weighted by Crippen LogP contribution is -2.33. The number of unbranched alkanes of at least 4 members (excludes halogenated alkanes) is 1. The minimum atomic E-state index is -0.769. The van der Waals surface area contributed by atoms with Crippen molar-refractivity contribution in [3.05, 3.63) is 94.8 Å². The summed E-state index contributed by atoms with van der Waals surface area (Å²) in [4.78, 5) is 70.8. The van der Waals surface area contributed by atoms with Crippen LogP contribution in [0.1, 0.15) is 45.1 Å². The molecule has 0 fully saturated rings. The average molecular weight is 570 g/mol. The summed E-state index contributed by atoms with van der Waals surface area (Å²) in [6.45, 7) is 1.81. The number of carbonyl (C=O) groups excluding carboxylic acids is 4. The number of amides is 2. The zero-order chi connectivity index (χ0) is 29.9. The smallest absolute Gasteiger partial charge is 0.277 e. The Hall–Kier alpha value is -5.19. The number of benzene rings is 1. The molecule has 42 heavy (non-hydrogen) atoms. The van der Waals surface area contributed by atoms with E-state index in [1.165, 1.54) is 18.5 Å². The second-order valence-corrected chi connectivity index (χ2v) is 9.55. The molecular weight excluding hydrogens is 538 g/mol. The molecule has 1 aliphatic carbocycles. The van der Waals surface area contributed by atoms with Gasteiger partial charge in [0.25, 0.3) is 5.56 Å². The summed E-state index contributed by atoms with van der Waals surface area (Å²) in [6, 6.07) is 13.8. The zero-order valence-electron chi connectivity index (χ0n) is 23.1. The molecule has 216 valence electrons. The summed E-state index contributed by atoms with van der Waals surface area (Å²) in [5.74, 6) is -1.06. The van der Waals surface area contributed by atoms with Crippen molar-refractivity contribution >= 4 is 29.6 Å². The van der Waals surface area contributed by atoms with Gasteiger partial charge in [0.15, 0.2) is 0 Å². The van der Waals surface area contributed by atoms with E-state index in [1.807, 2.05) is 37.3 Å². The van der Waals surface area contributed by atoms with Crippen LogP contribution in [-0.2, 0) is 19.2 Å². The van der Waals surface area contributed by atoms with Crippen molar-refractivity contribution in [2.75, 3.05) is 11.9 Å². The molecule has 0 saturated carbocycles. The molecule has 1 aromatic carbocycles. The second-order valence-electron chi connectivity index (χ2n) is 9.55. The number of hydrogen-bond acceptors (Lipinski definition) is 8. The van der Waals surface area contributed by atoms with E-state index in [2.05, 4.69) is 20.6 Å². The Bertz CT molecular complexity index is 1560. The Morgan fingerprint density at radius 1 is 1.02 bits per heavy atom. The molecule has 1 aliphatic rings. The van der Waals surface area contributed by atoms with E-state index in [4.69, 9.17) is 4.74 Å². The fourth-order valence-electron chi connectivity index (χ4n) is 4.56. The molecule has 3 aromatic rings. The Morgan fingerprint density at radius 2 is 1.81 bits per heavy atom. The quantitative estimate of drug-likeness (QED) is 0.170. The standard InChI is InChI=1S/C31H31N5O6/c1-2-3-11-22(36-30(21-9-5-4-6-10-21)34-19-24(31(36)41)35-20-37)13-16-27(39)33-18-23-26(15-14-25(38)29(23)40)42-28-12-7-8-17-32-28/h4-10,12,14-15,17,19-20,22H,2-3,11,13,16,18H2,1H3,(H,33,39)(H,35,37). The first-order chi connectivity index (χ1) is 20.4. The Kier molecular flexibility index (Phi) is 10.2. The van der Waals surface area contributed by atoms with Crippen molar-refractivity contribution in [1.82, 2.24) is 19.9 Å². The number of anilines is 1. The maximum absolute atomic E-state index is 13.5. The molecule has 4 rings (SSSR count). The van der Waals surface area contributed by atoms with Crippen LogP contribution in [0.25, 0.3) is 11.4 Å². The van der Waals surface area contributed by atoms with Gasteiger partial charge in [-0.1, -0.05) is 56.2 Å². The maximum Gasteiger partial charge on any atom is 0.277 e. The normalized spacial score (nSPS) is 13.5. The molecule has 0 aliphatic heterocycles. The van der Waals surface area contributed by atoms with Gasteiger partial charge in [-0.2, -0.15) is 0 Å². The largest absolute Gasteiger partial charge is 0.439 e. The van der Waals surface area contributed by atoms with Crippen LogP contribution in [-0.4, -0.2) is 45.0 Å². The molecule has 2 N–H and O–H groups in total. The van der Waals surface area contributed by atoms with Crippen LogP contribution >= 0.6 is 0 Å². The highest BCUT2D eigenvalue weighted by Crippen LogP contribution is 2.26. The minimum Gasteiger partial charge on any atom is -0.439 e. The molecule has 0 radical (unpaired) electrons. The monoisotopic (exact) mass is 569 g/mol. The van der Waals surface area contributed by atoms with Gasteiger partial charge >= 0.3 is 0 Å². The molecule has 2 amide bonds. The number of ether oxygens (including phenoxy) is 1. The molecule has 11 heteroatoms. The van der Waals surface area contributed by atoms with Gasteiger partial charge in [0.2, 0.25) is 29.8 Å².